The van der Waals surface area contributed by atoms with Gasteiger partial charge in [-0.25, -0.2) is 4.98 Å². The van der Waals surface area contributed by atoms with E-state index in [1.807, 2.05) is 0 Å². The fourth-order valence-electron chi connectivity index (χ4n) is 2.06. The van der Waals surface area contributed by atoms with Gasteiger partial charge in [-0.15, -0.1) is 11.3 Å². The molecule has 0 aliphatic carbocycles. The van der Waals surface area contributed by atoms with E-state index in [9.17, 15) is 18.0 Å². The first kappa shape index (κ1) is 17.3. The molecule has 3 rings (SSSR count). The zero-order chi connectivity index (χ0) is 17.3. The van der Waals surface area contributed by atoms with Gasteiger partial charge in [-0.2, -0.15) is 13.2 Å². The third-order valence-corrected chi connectivity index (χ3v) is 5.23. The first-order valence-electron chi connectivity index (χ1n) is 6.81. The van der Waals surface area contributed by atoms with Gasteiger partial charge < -0.3 is 0 Å². The average molecular weight is 391 g/mol. The molecule has 126 valence electrons. The summed E-state index contributed by atoms with van der Waals surface area (Å²) >= 11 is 8.02. The molecule has 3 nitrogen and oxygen atoms in total. The van der Waals surface area contributed by atoms with E-state index >= 15 is 0 Å². The van der Waals surface area contributed by atoms with E-state index in [-0.39, 0.29) is 16.5 Å². The largest absolute Gasteiger partial charge is 0.389 e. The minimum Gasteiger partial charge on any atom is -0.267 e. The molecule has 0 spiro atoms. The molecule has 0 aliphatic heterocycles. The van der Waals surface area contributed by atoms with Gasteiger partial charge in [0, 0.05) is 10.8 Å². The highest BCUT2D eigenvalue weighted by atomic mass is 35.5. The summed E-state index contributed by atoms with van der Waals surface area (Å²) in [5.41, 5.74) is 0.707. The Balaban J connectivity index is 2.06. The number of halogens is 4. The quantitative estimate of drug-likeness (QED) is 0.456. The number of thiophene rings is 1. The average Bonchev–Trinajstić information content (AvgIpc) is 2.96. The van der Waals surface area contributed by atoms with Crippen molar-refractivity contribution in [2.24, 2.45) is 0 Å². The van der Waals surface area contributed by atoms with Gasteiger partial charge in [0.15, 0.2) is 5.16 Å². The number of fused-ring (bicyclic) bond motifs is 1. The third kappa shape index (κ3) is 3.76. The molecule has 0 radical (unpaired) electrons. The maximum Gasteiger partial charge on any atom is 0.389 e. The summed E-state index contributed by atoms with van der Waals surface area (Å²) < 4.78 is 39.0. The van der Waals surface area contributed by atoms with Crippen LogP contribution in [0, 0.1) is 0 Å². The molecule has 0 bridgehead atoms. The van der Waals surface area contributed by atoms with Crippen molar-refractivity contribution in [3.8, 4) is 5.69 Å². The van der Waals surface area contributed by atoms with E-state index in [4.69, 9.17) is 11.6 Å². The van der Waals surface area contributed by atoms with Gasteiger partial charge in [0.25, 0.3) is 5.56 Å². The van der Waals surface area contributed by atoms with Crippen LogP contribution in [0.1, 0.15) is 6.42 Å². The molecule has 0 saturated heterocycles. The second kappa shape index (κ2) is 6.78. The molecular weight excluding hydrogens is 381 g/mol. The maximum absolute atomic E-state index is 12.7. The Morgan fingerprint density at radius 2 is 1.92 bits per heavy atom. The van der Waals surface area contributed by atoms with Crippen molar-refractivity contribution in [3.05, 3.63) is 51.1 Å². The van der Waals surface area contributed by atoms with Crippen LogP contribution < -0.4 is 5.56 Å². The highest BCUT2D eigenvalue weighted by Crippen LogP contribution is 2.28. The minimum atomic E-state index is -4.25. The van der Waals surface area contributed by atoms with Gasteiger partial charge in [-0.05, 0) is 35.7 Å². The van der Waals surface area contributed by atoms with E-state index in [0.29, 0.717) is 20.9 Å². The monoisotopic (exact) mass is 390 g/mol. The van der Waals surface area contributed by atoms with Crippen LogP contribution in [-0.4, -0.2) is 21.5 Å². The molecule has 2 heterocycles. The highest BCUT2D eigenvalue weighted by Gasteiger charge is 2.27. The molecule has 3 aromatic rings. The zero-order valence-electron chi connectivity index (χ0n) is 12.0. The lowest BCUT2D eigenvalue weighted by atomic mass is 10.3. The second-order valence-electron chi connectivity index (χ2n) is 4.86. The fourth-order valence-corrected chi connectivity index (χ4v) is 3.95. The van der Waals surface area contributed by atoms with Crippen LogP contribution in [0.4, 0.5) is 13.2 Å². The molecule has 0 aliphatic rings. The summed E-state index contributed by atoms with van der Waals surface area (Å²) in [4.78, 5) is 17.1. The number of benzene rings is 1. The normalized spacial score (nSPS) is 12.0. The molecule has 0 amide bonds. The summed E-state index contributed by atoms with van der Waals surface area (Å²) in [5.74, 6) is -0.209. The van der Waals surface area contributed by atoms with Crippen LogP contribution in [0.5, 0.6) is 0 Å². The Kier molecular flexibility index (Phi) is 4.89. The van der Waals surface area contributed by atoms with Crippen molar-refractivity contribution in [2.45, 2.75) is 17.8 Å². The predicted octanol–water partition coefficient (Wildman–Crippen LogP) is 5.15. The summed E-state index contributed by atoms with van der Waals surface area (Å²) in [5, 5.41) is 2.47. The van der Waals surface area contributed by atoms with E-state index in [2.05, 4.69) is 4.98 Å². The Morgan fingerprint density at radius 3 is 2.58 bits per heavy atom. The van der Waals surface area contributed by atoms with Crippen molar-refractivity contribution in [2.75, 3.05) is 5.75 Å². The molecule has 0 unspecified atom stereocenters. The maximum atomic E-state index is 12.7. The molecule has 0 fully saturated rings. The summed E-state index contributed by atoms with van der Waals surface area (Å²) in [6.45, 7) is 0. The van der Waals surface area contributed by atoms with Crippen molar-refractivity contribution in [1.29, 1.82) is 0 Å². The fraction of sp³-hybridized carbons (Fsp3) is 0.200. The number of hydrogen-bond acceptors (Lipinski definition) is 4. The van der Waals surface area contributed by atoms with E-state index in [0.717, 1.165) is 11.8 Å². The summed E-state index contributed by atoms with van der Waals surface area (Å²) in [6, 6.07) is 8.19. The molecule has 0 saturated carbocycles. The number of rotatable bonds is 4. The molecule has 9 heteroatoms. The van der Waals surface area contributed by atoms with E-state index in [1.54, 1.807) is 35.7 Å². The molecule has 2 aromatic heterocycles. The van der Waals surface area contributed by atoms with Crippen molar-refractivity contribution < 1.29 is 13.2 Å². The summed E-state index contributed by atoms with van der Waals surface area (Å²) in [6.07, 6.45) is -5.19. The molecule has 1 aromatic carbocycles. The molecule has 24 heavy (non-hydrogen) atoms. The Hall–Kier alpha value is -1.51. The number of nitrogens with zero attached hydrogens (tertiary/aromatic N) is 2. The van der Waals surface area contributed by atoms with Gasteiger partial charge in [0.05, 0.1) is 17.6 Å². The van der Waals surface area contributed by atoms with Crippen LogP contribution in [0.2, 0.25) is 5.02 Å². The minimum absolute atomic E-state index is 0.209. The predicted molar refractivity (Wildman–Crippen MR) is 91.6 cm³/mol. The SMILES string of the molecule is O=c1c2sccc2nc(SCCC(F)(F)F)n1-c1ccc(Cl)cc1. The Bertz CT molecular complexity index is 919. The standard InChI is InChI=1S/C15H10ClF3N2OS2/c16-9-1-3-10(4-2-9)21-13(22)12-11(5-7-23-12)20-14(21)24-8-6-15(17,18)19/h1-5,7H,6,8H2. The zero-order valence-corrected chi connectivity index (χ0v) is 14.4. The van der Waals surface area contributed by atoms with Crippen LogP contribution in [0.25, 0.3) is 15.9 Å². The molecular formula is C15H10ClF3N2OS2. The summed E-state index contributed by atoms with van der Waals surface area (Å²) in [7, 11) is 0. The topological polar surface area (TPSA) is 34.9 Å². The number of aromatic nitrogens is 2. The lowest BCUT2D eigenvalue weighted by Crippen LogP contribution is -2.21. The van der Waals surface area contributed by atoms with Crippen LogP contribution in [-0.2, 0) is 0 Å². The van der Waals surface area contributed by atoms with Crippen LogP contribution in [0.15, 0.2) is 45.7 Å². The van der Waals surface area contributed by atoms with E-state index in [1.165, 1.54) is 15.9 Å². The molecule has 0 atom stereocenters. The van der Waals surface area contributed by atoms with Gasteiger partial charge in [0.1, 0.15) is 4.70 Å². The van der Waals surface area contributed by atoms with Gasteiger partial charge in [-0.1, -0.05) is 23.4 Å². The lowest BCUT2D eigenvalue weighted by Gasteiger charge is -2.12. The smallest absolute Gasteiger partial charge is 0.267 e. The highest BCUT2D eigenvalue weighted by molar-refractivity contribution is 7.99. The van der Waals surface area contributed by atoms with Crippen molar-refractivity contribution in [3.63, 3.8) is 0 Å². The van der Waals surface area contributed by atoms with E-state index < -0.39 is 12.6 Å². The second-order valence-corrected chi connectivity index (χ2v) is 7.27. The Labute approximate surface area is 148 Å². The van der Waals surface area contributed by atoms with Crippen molar-refractivity contribution >= 4 is 44.9 Å². The molecule has 0 N–H and O–H groups in total. The number of hydrogen-bond donors (Lipinski definition) is 0. The van der Waals surface area contributed by atoms with Gasteiger partial charge >= 0.3 is 6.18 Å². The van der Waals surface area contributed by atoms with Gasteiger partial charge in [-0.3, -0.25) is 9.36 Å². The third-order valence-electron chi connectivity index (χ3n) is 3.15. The number of alkyl halides is 3. The lowest BCUT2D eigenvalue weighted by molar-refractivity contribution is -0.129. The Morgan fingerprint density at radius 1 is 1.21 bits per heavy atom. The van der Waals surface area contributed by atoms with Crippen LogP contribution in [0.3, 0.4) is 0 Å². The van der Waals surface area contributed by atoms with Crippen LogP contribution >= 0.6 is 34.7 Å². The van der Waals surface area contributed by atoms with Gasteiger partial charge in [0.2, 0.25) is 0 Å². The van der Waals surface area contributed by atoms with Crippen molar-refractivity contribution in [1.82, 2.24) is 9.55 Å². The number of thioether (sulfide) groups is 1. The first-order valence-corrected chi connectivity index (χ1v) is 9.05. The first-order chi connectivity index (χ1) is 11.3.